The summed E-state index contributed by atoms with van der Waals surface area (Å²) in [6, 6.07) is 4.10. The van der Waals surface area contributed by atoms with Crippen molar-refractivity contribution in [3.63, 3.8) is 0 Å². The smallest absolute Gasteiger partial charge is 0.347 e. The molecule has 0 aromatic heterocycles. The maximum atomic E-state index is 13.3. The summed E-state index contributed by atoms with van der Waals surface area (Å²) in [6.07, 6.45) is 7.86. The number of ether oxygens (including phenoxy) is 3. The van der Waals surface area contributed by atoms with Gasteiger partial charge in [0.15, 0.2) is 6.10 Å². The minimum Gasteiger partial charge on any atom is -0.495 e. The fourth-order valence-corrected chi connectivity index (χ4v) is 4.71. The van der Waals surface area contributed by atoms with E-state index in [9.17, 15) is 19.2 Å². The lowest BCUT2D eigenvalue weighted by Gasteiger charge is -2.26. The van der Waals surface area contributed by atoms with Crippen LogP contribution >= 0.6 is 11.6 Å². The lowest BCUT2D eigenvalue weighted by Crippen LogP contribution is -2.49. The van der Waals surface area contributed by atoms with Crippen LogP contribution in [-0.2, 0) is 35.1 Å². The van der Waals surface area contributed by atoms with Crippen molar-refractivity contribution in [2.24, 2.45) is 17.8 Å². The van der Waals surface area contributed by atoms with E-state index in [1.807, 2.05) is 20.8 Å². The van der Waals surface area contributed by atoms with Gasteiger partial charge in [-0.05, 0) is 36.1 Å². The van der Waals surface area contributed by atoms with Crippen molar-refractivity contribution >= 4 is 41.6 Å². The van der Waals surface area contributed by atoms with Gasteiger partial charge in [0.2, 0.25) is 11.8 Å². The summed E-state index contributed by atoms with van der Waals surface area (Å²) >= 11 is 6.28. The normalized spacial score (nSPS) is 23.9. The van der Waals surface area contributed by atoms with Gasteiger partial charge in [0.05, 0.1) is 18.1 Å². The number of cyclic esters (lactones) is 2. The minimum absolute atomic E-state index is 0.0179. The van der Waals surface area contributed by atoms with Crippen LogP contribution in [0.15, 0.2) is 54.3 Å². The maximum Gasteiger partial charge on any atom is 0.347 e. The molecule has 5 atom stereocenters. The number of benzene rings is 1. The second-order valence-corrected chi connectivity index (χ2v) is 11.8. The Hall–Kier alpha value is -4.12. The molecule has 0 unspecified atom stereocenters. The van der Waals surface area contributed by atoms with E-state index in [4.69, 9.17) is 31.2 Å². The highest BCUT2D eigenvalue weighted by Gasteiger charge is 2.31. The Bertz CT molecular complexity index is 1290. The first-order chi connectivity index (χ1) is 21.4. The van der Waals surface area contributed by atoms with Gasteiger partial charge in [-0.15, -0.1) is 0 Å². The molecule has 4 N–H and O–H groups in total. The fourth-order valence-electron chi connectivity index (χ4n) is 4.43. The molecule has 0 saturated carbocycles. The predicted octanol–water partition coefficient (Wildman–Crippen LogP) is 3.90. The van der Waals surface area contributed by atoms with Crippen LogP contribution in [0, 0.1) is 23.2 Å². The molecule has 2 rings (SSSR count). The van der Waals surface area contributed by atoms with Crippen molar-refractivity contribution in [2.75, 3.05) is 20.7 Å². The first-order valence-electron chi connectivity index (χ1n) is 14.9. The van der Waals surface area contributed by atoms with Crippen LogP contribution in [0.25, 0.3) is 0 Å². The number of methoxy groups -OCH3 is 1. The average molecular weight is 645 g/mol. The third kappa shape index (κ3) is 12.4. The van der Waals surface area contributed by atoms with Crippen molar-refractivity contribution in [2.45, 2.75) is 65.2 Å². The molecule has 45 heavy (non-hydrogen) atoms. The van der Waals surface area contributed by atoms with E-state index in [1.165, 1.54) is 19.4 Å². The number of nitrogens with one attached hydrogen (secondary N) is 4. The number of halogens is 1. The SMILES string of the molecule is CN/C=C(C=N)/C=C/[C@@H](C)[C@@H]1C/C=C/C(=O)N[C@H](Cc2ccc(OC)c(Cl)c2)C(=O)NC[C@@H](C)C(=O)O[C@@H](CC(C)C)C(=O)O1. The monoisotopic (exact) mass is 644 g/mol. The second-order valence-electron chi connectivity index (χ2n) is 11.3. The van der Waals surface area contributed by atoms with E-state index >= 15 is 0 Å². The topological polar surface area (TPSA) is 156 Å². The Kier molecular flexibility index (Phi) is 15.3. The zero-order valence-corrected chi connectivity index (χ0v) is 27.5. The molecule has 1 aromatic carbocycles. The van der Waals surface area contributed by atoms with Gasteiger partial charge < -0.3 is 35.6 Å². The molecule has 0 fully saturated rings. The van der Waals surface area contributed by atoms with Crippen molar-refractivity contribution in [3.8, 4) is 5.75 Å². The molecule has 0 spiro atoms. The Morgan fingerprint density at radius 3 is 2.53 bits per heavy atom. The lowest BCUT2D eigenvalue weighted by molar-refractivity contribution is -0.175. The molecule has 0 aliphatic carbocycles. The lowest BCUT2D eigenvalue weighted by atomic mass is 9.99. The summed E-state index contributed by atoms with van der Waals surface area (Å²) in [6.45, 7) is 7.15. The molecule has 1 aliphatic heterocycles. The second kappa shape index (κ2) is 18.6. The number of hydrogen-bond donors (Lipinski definition) is 4. The predicted molar refractivity (Wildman–Crippen MR) is 173 cm³/mol. The summed E-state index contributed by atoms with van der Waals surface area (Å²) < 4.78 is 16.7. The fraction of sp³-hybridized carbons (Fsp3) is 0.485. The van der Waals surface area contributed by atoms with Crippen LogP contribution in [-0.4, -0.2) is 68.9 Å². The van der Waals surface area contributed by atoms with Gasteiger partial charge in [0.1, 0.15) is 17.9 Å². The van der Waals surface area contributed by atoms with Crippen molar-refractivity contribution in [1.82, 2.24) is 16.0 Å². The third-order valence-electron chi connectivity index (χ3n) is 7.04. The Morgan fingerprint density at radius 1 is 1.18 bits per heavy atom. The molecule has 246 valence electrons. The number of hydrogen-bond acceptors (Lipinski definition) is 9. The van der Waals surface area contributed by atoms with Crippen molar-refractivity contribution in [3.05, 3.63) is 64.9 Å². The van der Waals surface area contributed by atoms with Crippen LogP contribution in [0.1, 0.15) is 46.1 Å². The molecule has 1 aliphatic rings. The molecule has 1 aromatic rings. The van der Waals surface area contributed by atoms with Crippen molar-refractivity contribution < 1.29 is 33.4 Å². The van der Waals surface area contributed by atoms with E-state index in [-0.39, 0.29) is 37.6 Å². The zero-order chi connectivity index (χ0) is 33.5. The number of allylic oxidation sites excluding steroid dienone is 2. The first-order valence-corrected chi connectivity index (χ1v) is 15.3. The highest BCUT2D eigenvalue weighted by Crippen LogP contribution is 2.25. The number of carbonyl (C=O) groups is 4. The van der Waals surface area contributed by atoms with E-state index in [1.54, 1.807) is 56.6 Å². The molecule has 12 heteroatoms. The quantitative estimate of drug-likeness (QED) is 0.170. The number of rotatable bonds is 10. The summed E-state index contributed by atoms with van der Waals surface area (Å²) in [5.41, 5.74) is 1.29. The van der Waals surface area contributed by atoms with Gasteiger partial charge in [0, 0.05) is 50.3 Å². The Morgan fingerprint density at radius 2 is 1.91 bits per heavy atom. The molecular weight excluding hydrogens is 600 g/mol. The standard InChI is InChI=1S/C33H45ClN4O7/c1-20(2)14-29-33(42)44-27(21(3)10-11-24(17-35)19-36-5)8-7-9-30(39)38-26(31(40)37-18-22(4)32(41)45-29)16-23-12-13-28(43-6)25(34)15-23/h7,9-13,15,17,19-22,26-27,29,35-36H,8,14,16,18H2,1-6H3,(H,37,40)(H,38,39)/b9-7+,11-10+,24-19-,35-17?/t21-,22-,26-,27+,29+/m1/s1. The van der Waals surface area contributed by atoms with Gasteiger partial charge >= 0.3 is 11.9 Å². The van der Waals surface area contributed by atoms with E-state index in [2.05, 4.69) is 16.0 Å². The molecular formula is C33H45ClN4O7. The van der Waals surface area contributed by atoms with Gasteiger partial charge in [-0.1, -0.05) is 63.6 Å². The third-order valence-corrected chi connectivity index (χ3v) is 7.34. The minimum atomic E-state index is -1.15. The van der Waals surface area contributed by atoms with Gasteiger partial charge in [0.25, 0.3) is 0 Å². The van der Waals surface area contributed by atoms with Crippen LogP contribution in [0.2, 0.25) is 5.02 Å². The molecule has 0 radical (unpaired) electrons. The Labute approximate surface area is 270 Å². The number of amides is 2. The molecule has 11 nitrogen and oxygen atoms in total. The summed E-state index contributed by atoms with van der Waals surface area (Å²) in [5.74, 6) is -3.01. The molecule has 0 saturated heterocycles. The largest absolute Gasteiger partial charge is 0.495 e. The number of esters is 2. The van der Waals surface area contributed by atoms with Gasteiger partial charge in [-0.2, -0.15) is 0 Å². The van der Waals surface area contributed by atoms with Gasteiger partial charge in [-0.3, -0.25) is 14.4 Å². The van der Waals surface area contributed by atoms with E-state index in [0.717, 1.165) is 0 Å². The molecule has 1 heterocycles. The first kappa shape index (κ1) is 37.1. The highest BCUT2D eigenvalue weighted by atomic mass is 35.5. The molecule has 0 bridgehead atoms. The van der Waals surface area contributed by atoms with Crippen LogP contribution in [0.5, 0.6) is 5.75 Å². The summed E-state index contributed by atoms with van der Waals surface area (Å²) in [5, 5.41) is 16.2. The average Bonchev–Trinajstić information content (AvgIpc) is 2.99. The Balaban J connectivity index is 2.42. The van der Waals surface area contributed by atoms with E-state index < -0.39 is 47.9 Å². The van der Waals surface area contributed by atoms with E-state index in [0.29, 0.717) is 21.9 Å². The van der Waals surface area contributed by atoms with Crippen LogP contribution in [0.3, 0.4) is 0 Å². The van der Waals surface area contributed by atoms with Crippen molar-refractivity contribution in [1.29, 1.82) is 5.41 Å². The zero-order valence-electron chi connectivity index (χ0n) is 26.7. The highest BCUT2D eigenvalue weighted by molar-refractivity contribution is 6.32. The molecule has 2 amide bonds. The maximum absolute atomic E-state index is 13.3. The summed E-state index contributed by atoms with van der Waals surface area (Å²) in [7, 11) is 3.22. The van der Waals surface area contributed by atoms with Gasteiger partial charge in [-0.25, -0.2) is 4.79 Å². The van der Waals surface area contributed by atoms with Crippen LogP contribution < -0.4 is 20.7 Å². The van der Waals surface area contributed by atoms with Crippen LogP contribution in [0.4, 0.5) is 0 Å². The number of carbonyl (C=O) groups excluding carboxylic acids is 4. The summed E-state index contributed by atoms with van der Waals surface area (Å²) in [4.78, 5) is 52.6.